The van der Waals surface area contributed by atoms with E-state index in [-0.39, 0.29) is 36.0 Å². The van der Waals surface area contributed by atoms with Gasteiger partial charge in [0.2, 0.25) is 5.91 Å². The summed E-state index contributed by atoms with van der Waals surface area (Å²) in [5, 5.41) is 19.2. The number of anilines is 2. The van der Waals surface area contributed by atoms with E-state index in [0.717, 1.165) is 40.5 Å². The van der Waals surface area contributed by atoms with E-state index in [1.165, 1.54) is 5.19 Å². The molecular weight excluding hydrogens is 623 g/mol. The molecule has 1 spiro atoms. The summed E-state index contributed by atoms with van der Waals surface area (Å²) in [5.74, 6) is 0.819. The molecule has 3 aliphatic heterocycles. The third-order valence-electron chi connectivity index (χ3n) is 10.8. The molecule has 1 N–H and O–H groups in total. The number of aryl methyl sites for hydroxylation is 1. The number of nitrogens with zero attached hydrogens (tertiary/aromatic N) is 5. The van der Waals surface area contributed by atoms with Crippen molar-refractivity contribution in [2.45, 2.75) is 69.6 Å². The average molecular weight is 666 g/mol. The summed E-state index contributed by atoms with van der Waals surface area (Å²) < 4.78 is 14.5. The number of β-lactam (4-membered cyclic amide) rings is 1. The van der Waals surface area contributed by atoms with Gasteiger partial charge in [0.05, 0.1) is 39.2 Å². The predicted octanol–water partition coefficient (Wildman–Crippen LogP) is 4.41. The maximum Gasteiger partial charge on any atom is 0.264 e. The number of para-hydroxylation sites is 1. The largest absolute Gasteiger partial charge is 0.497 e. The number of rotatable bonds is 11. The van der Waals surface area contributed by atoms with Gasteiger partial charge in [-0.3, -0.25) is 14.3 Å². The van der Waals surface area contributed by atoms with Crippen molar-refractivity contribution in [3.8, 4) is 5.75 Å². The van der Waals surface area contributed by atoms with Gasteiger partial charge in [-0.2, -0.15) is 0 Å². The molecule has 0 aliphatic carbocycles. The molecule has 2 saturated heterocycles. The first-order valence-corrected chi connectivity index (χ1v) is 19.9. The van der Waals surface area contributed by atoms with E-state index < -0.39 is 13.7 Å². The fraction of sp³-hybridized carbons (Fsp3) is 0.405. The monoisotopic (exact) mass is 665 g/mol. The van der Waals surface area contributed by atoms with Crippen LogP contribution in [0.1, 0.15) is 36.6 Å². The third-order valence-corrected chi connectivity index (χ3v) is 15.1. The normalized spacial score (nSPS) is 23.6. The Hall–Kier alpha value is -4.32. The van der Waals surface area contributed by atoms with Crippen molar-refractivity contribution in [1.29, 1.82) is 0 Å². The molecule has 11 heteroatoms. The quantitative estimate of drug-likeness (QED) is 0.187. The minimum absolute atomic E-state index is 0.0223. The Morgan fingerprint density at radius 1 is 1.04 bits per heavy atom. The van der Waals surface area contributed by atoms with Gasteiger partial charge < -0.3 is 24.4 Å². The van der Waals surface area contributed by atoms with E-state index in [0.29, 0.717) is 32.4 Å². The molecule has 4 atom stereocenters. The number of aliphatic hydroxyl groups is 1. The van der Waals surface area contributed by atoms with Crippen molar-refractivity contribution < 1.29 is 24.2 Å². The summed E-state index contributed by atoms with van der Waals surface area (Å²) in [4.78, 5) is 30.6. The van der Waals surface area contributed by atoms with Crippen LogP contribution in [0.2, 0.25) is 18.6 Å². The third kappa shape index (κ3) is 5.34. The van der Waals surface area contributed by atoms with Crippen LogP contribution in [0.4, 0.5) is 11.4 Å². The number of benzene rings is 3. The molecule has 0 bridgehead atoms. The van der Waals surface area contributed by atoms with Gasteiger partial charge in [-0.25, -0.2) is 0 Å². The summed E-state index contributed by atoms with van der Waals surface area (Å²) >= 11 is 0. The maximum atomic E-state index is 15.0. The topological polar surface area (TPSA) is 110 Å². The van der Waals surface area contributed by atoms with E-state index in [2.05, 4.69) is 48.5 Å². The second-order valence-corrected chi connectivity index (χ2v) is 18.4. The molecule has 3 aliphatic rings. The second kappa shape index (κ2) is 12.6. The number of amides is 2. The Bertz CT molecular complexity index is 1810. The number of ether oxygens (including phenoxy) is 2. The van der Waals surface area contributed by atoms with E-state index in [9.17, 15) is 14.7 Å². The molecule has 3 aromatic carbocycles. The van der Waals surface area contributed by atoms with Crippen molar-refractivity contribution in [2.75, 3.05) is 30.1 Å². The van der Waals surface area contributed by atoms with Gasteiger partial charge in [0.1, 0.15) is 5.75 Å². The zero-order valence-corrected chi connectivity index (χ0v) is 29.0. The van der Waals surface area contributed by atoms with Crippen LogP contribution in [0.5, 0.6) is 5.75 Å². The van der Waals surface area contributed by atoms with Crippen LogP contribution in [0.15, 0.2) is 79.0 Å². The molecule has 4 aromatic rings. The lowest BCUT2D eigenvalue weighted by molar-refractivity contribution is -0.146. The van der Waals surface area contributed by atoms with Crippen molar-refractivity contribution in [1.82, 2.24) is 15.0 Å². The number of aliphatic hydroxyl groups excluding tert-OH is 1. The number of fused-ring (bicyclic) bond motifs is 2. The maximum absolute atomic E-state index is 15.0. The van der Waals surface area contributed by atoms with E-state index in [1.807, 2.05) is 70.4 Å². The number of carbonyl (C=O) groups excluding carboxylic acids is 2. The highest BCUT2D eigenvalue weighted by atomic mass is 28.3. The highest BCUT2D eigenvalue weighted by Crippen LogP contribution is 2.60. The van der Waals surface area contributed by atoms with Crippen molar-refractivity contribution >= 4 is 36.4 Å². The number of methoxy groups -OCH3 is 1. The van der Waals surface area contributed by atoms with Crippen molar-refractivity contribution in [3.63, 3.8) is 0 Å². The molecular formula is C37H43N5O5Si. The molecule has 10 nitrogen and oxygen atoms in total. The average Bonchev–Trinajstić information content (AvgIpc) is 3.74. The minimum Gasteiger partial charge on any atom is -0.497 e. The highest BCUT2D eigenvalue weighted by Gasteiger charge is 2.66. The Morgan fingerprint density at radius 3 is 2.46 bits per heavy atom. The van der Waals surface area contributed by atoms with Gasteiger partial charge in [-0.15, -0.1) is 5.10 Å². The fourth-order valence-electron chi connectivity index (χ4n) is 8.18. The molecule has 48 heavy (non-hydrogen) atoms. The van der Waals surface area contributed by atoms with Gasteiger partial charge in [0.25, 0.3) is 5.91 Å². The molecule has 0 radical (unpaired) electrons. The number of hydrogen-bond donors (Lipinski definition) is 1. The number of hydrogen-bond acceptors (Lipinski definition) is 7. The predicted molar refractivity (Wildman–Crippen MR) is 186 cm³/mol. The van der Waals surface area contributed by atoms with E-state index >= 15 is 0 Å². The first-order chi connectivity index (χ1) is 23.2. The van der Waals surface area contributed by atoms with Crippen LogP contribution in [-0.4, -0.2) is 66.4 Å². The summed E-state index contributed by atoms with van der Waals surface area (Å²) in [7, 11) is -0.600. The summed E-state index contributed by atoms with van der Waals surface area (Å²) in [6.45, 7) is 8.72. The zero-order valence-electron chi connectivity index (χ0n) is 28.0. The molecule has 0 saturated carbocycles. The number of aromatic nitrogens is 3. The molecule has 1 aromatic heterocycles. The Morgan fingerprint density at radius 2 is 1.79 bits per heavy atom. The molecule has 2 fully saturated rings. The lowest BCUT2D eigenvalue weighted by Crippen LogP contribution is -2.51. The summed E-state index contributed by atoms with van der Waals surface area (Å²) in [5.41, 5.74) is 3.41. The first-order valence-electron chi connectivity index (χ1n) is 16.8. The van der Waals surface area contributed by atoms with Gasteiger partial charge in [0.15, 0.2) is 5.60 Å². The van der Waals surface area contributed by atoms with Gasteiger partial charge in [0, 0.05) is 55.9 Å². The van der Waals surface area contributed by atoms with Crippen molar-refractivity contribution in [3.05, 3.63) is 95.8 Å². The summed E-state index contributed by atoms with van der Waals surface area (Å²) in [6, 6.07) is 24.4. The van der Waals surface area contributed by atoms with Crippen LogP contribution in [-0.2, 0) is 39.4 Å². The van der Waals surface area contributed by atoms with Gasteiger partial charge >= 0.3 is 0 Å². The molecule has 0 unspecified atom stereocenters. The Kier molecular flexibility index (Phi) is 8.47. The highest BCUT2D eigenvalue weighted by molar-refractivity contribution is 6.91. The Labute approximate surface area is 282 Å². The number of carbonyl (C=O) groups is 2. The van der Waals surface area contributed by atoms with E-state index in [4.69, 9.17) is 9.47 Å². The van der Waals surface area contributed by atoms with Gasteiger partial charge in [-0.05, 0) is 47.9 Å². The molecule has 2 amide bonds. The zero-order chi connectivity index (χ0) is 33.6. The summed E-state index contributed by atoms with van der Waals surface area (Å²) in [6.07, 6.45) is 3.38. The first kappa shape index (κ1) is 32.2. The van der Waals surface area contributed by atoms with E-state index in [1.54, 1.807) is 12.0 Å². The van der Waals surface area contributed by atoms with Crippen LogP contribution < -0.4 is 19.7 Å². The fourth-order valence-corrected chi connectivity index (χ4v) is 12.2. The van der Waals surface area contributed by atoms with Gasteiger partial charge in [-0.1, -0.05) is 72.9 Å². The molecule has 250 valence electrons. The second-order valence-electron chi connectivity index (χ2n) is 13.8. The van der Waals surface area contributed by atoms with Crippen LogP contribution in [0.25, 0.3) is 0 Å². The standard InChI is InChI=1S/C37H43N5O5Si/c1-25-35(48(3,4)30-15-13-29(46-2)14-16-30)33(17-20-40-24-27(19-22-43)38-39-40)47-37(25)31-7-5-6-8-32(31)42(36(37)45)23-26-9-11-28(12-10-26)41-21-18-34(41)44/h5-16,24-25,33,35,43H,17-23H2,1-4H3/t25-,33+,35-,37+/m1/s1. The van der Waals surface area contributed by atoms with Crippen LogP contribution in [0.3, 0.4) is 0 Å². The SMILES string of the molecule is COc1ccc([Si](C)(C)[C@H]2[C@H](CCn3cc(CCO)nn3)O[C@@]3(C(=O)N(Cc4ccc(N5CCC5=O)cc4)c4ccccc43)[C@@H]2C)cc1. The smallest absolute Gasteiger partial charge is 0.264 e. The van der Waals surface area contributed by atoms with Crippen LogP contribution >= 0.6 is 0 Å². The molecule has 4 heterocycles. The molecule has 7 rings (SSSR count). The van der Waals surface area contributed by atoms with Crippen molar-refractivity contribution in [2.24, 2.45) is 5.92 Å². The lowest BCUT2D eigenvalue weighted by atomic mass is 9.82. The minimum atomic E-state index is -2.28. The van der Waals surface area contributed by atoms with Crippen LogP contribution in [0, 0.1) is 5.92 Å². The lowest BCUT2D eigenvalue weighted by Gasteiger charge is -2.37. The Balaban J connectivity index is 1.23.